The standard InChI is InChI=1S/C18H37NO2/c1-5-17(15(2)10-9-11-16(3)21-4)14-18(20)19-12-7-6-8-13-19/h15-18,20H,5-14H2,1-4H3/t15-,16?,17-,18?/m0/s1. The van der Waals surface area contributed by atoms with Gasteiger partial charge in [-0.25, -0.2) is 0 Å². The molecular formula is C18H37NO2. The Morgan fingerprint density at radius 2 is 1.76 bits per heavy atom. The number of piperidine rings is 1. The molecule has 1 heterocycles. The van der Waals surface area contributed by atoms with E-state index < -0.39 is 0 Å². The van der Waals surface area contributed by atoms with Gasteiger partial charge in [0, 0.05) is 20.2 Å². The van der Waals surface area contributed by atoms with Crippen LogP contribution in [0.3, 0.4) is 0 Å². The molecule has 4 atom stereocenters. The van der Waals surface area contributed by atoms with Crippen molar-refractivity contribution in [1.29, 1.82) is 0 Å². The molecule has 3 nitrogen and oxygen atoms in total. The van der Waals surface area contributed by atoms with E-state index in [1.54, 1.807) is 7.11 Å². The van der Waals surface area contributed by atoms with Crippen LogP contribution in [0.25, 0.3) is 0 Å². The third-order valence-electron chi connectivity index (χ3n) is 5.33. The average molecular weight is 299 g/mol. The van der Waals surface area contributed by atoms with Gasteiger partial charge in [-0.05, 0) is 44.4 Å². The molecular weight excluding hydrogens is 262 g/mol. The van der Waals surface area contributed by atoms with Crippen LogP contribution in [0.5, 0.6) is 0 Å². The van der Waals surface area contributed by atoms with Crippen molar-refractivity contribution in [3.63, 3.8) is 0 Å². The first-order valence-corrected chi connectivity index (χ1v) is 9.03. The first-order chi connectivity index (χ1) is 10.1. The maximum Gasteiger partial charge on any atom is 0.107 e. The van der Waals surface area contributed by atoms with Gasteiger partial charge in [-0.3, -0.25) is 4.90 Å². The summed E-state index contributed by atoms with van der Waals surface area (Å²) in [6.07, 6.45) is 9.71. The number of hydrogen-bond acceptors (Lipinski definition) is 3. The molecule has 0 radical (unpaired) electrons. The molecule has 126 valence electrons. The van der Waals surface area contributed by atoms with Crippen molar-refractivity contribution in [1.82, 2.24) is 4.90 Å². The molecule has 0 spiro atoms. The minimum Gasteiger partial charge on any atom is -0.382 e. The zero-order valence-corrected chi connectivity index (χ0v) is 14.7. The number of rotatable bonds is 10. The Morgan fingerprint density at radius 1 is 1.10 bits per heavy atom. The van der Waals surface area contributed by atoms with Crippen LogP contribution < -0.4 is 0 Å². The minimum atomic E-state index is -0.226. The fourth-order valence-electron chi connectivity index (χ4n) is 3.52. The molecule has 0 aromatic heterocycles. The number of aliphatic hydroxyl groups excluding tert-OH is 1. The van der Waals surface area contributed by atoms with Crippen molar-refractivity contribution >= 4 is 0 Å². The number of nitrogens with zero attached hydrogens (tertiary/aromatic N) is 1. The molecule has 1 N–H and O–H groups in total. The predicted molar refractivity (Wildman–Crippen MR) is 89.3 cm³/mol. The van der Waals surface area contributed by atoms with Crippen molar-refractivity contribution in [2.24, 2.45) is 11.8 Å². The van der Waals surface area contributed by atoms with Crippen LogP contribution in [0.4, 0.5) is 0 Å². The second-order valence-electron chi connectivity index (χ2n) is 6.94. The Labute approximate surface area is 132 Å². The van der Waals surface area contributed by atoms with Gasteiger partial charge >= 0.3 is 0 Å². The van der Waals surface area contributed by atoms with Gasteiger partial charge in [0.25, 0.3) is 0 Å². The molecule has 0 bridgehead atoms. The summed E-state index contributed by atoms with van der Waals surface area (Å²) in [6, 6.07) is 0. The largest absolute Gasteiger partial charge is 0.382 e. The number of methoxy groups -OCH3 is 1. The second-order valence-corrected chi connectivity index (χ2v) is 6.94. The summed E-state index contributed by atoms with van der Waals surface area (Å²) in [6.45, 7) is 8.92. The lowest BCUT2D eigenvalue weighted by molar-refractivity contribution is -0.0298. The molecule has 1 aliphatic heterocycles. The summed E-state index contributed by atoms with van der Waals surface area (Å²) in [5.41, 5.74) is 0. The van der Waals surface area contributed by atoms with Gasteiger partial charge in [-0.1, -0.05) is 39.5 Å². The summed E-state index contributed by atoms with van der Waals surface area (Å²) in [5, 5.41) is 10.5. The Kier molecular flexibility index (Phi) is 9.54. The van der Waals surface area contributed by atoms with E-state index in [0.717, 1.165) is 25.9 Å². The Hall–Kier alpha value is -0.120. The minimum absolute atomic E-state index is 0.226. The first-order valence-electron chi connectivity index (χ1n) is 9.03. The van der Waals surface area contributed by atoms with E-state index >= 15 is 0 Å². The molecule has 0 aromatic rings. The van der Waals surface area contributed by atoms with Crippen LogP contribution in [0.1, 0.15) is 72.1 Å². The quantitative estimate of drug-likeness (QED) is 0.660. The Balaban J connectivity index is 2.31. The van der Waals surface area contributed by atoms with Gasteiger partial charge in [0.2, 0.25) is 0 Å². The third-order valence-corrected chi connectivity index (χ3v) is 5.33. The van der Waals surface area contributed by atoms with E-state index in [2.05, 4.69) is 25.7 Å². The van der Waals surface area contributed by atoms with Gasteiger partial charge in [-0.2, -0.15) is 0 Å². The lowest BCUT2D eigenvalue weighted by Gasteiger charge is -2.34. The smallest absolute Gasteiger partial charge is 0.107 e. The van der Waals surface area contributed by atoms with Crippen molar-refractivity contribution in [3.8, 4) is 0 Å². The van der Waals surface area contributed by atoms with Crippen molar-refractivity contribution in [3.05, 3.63) is 0 Å². The predicted octanol–water partition coefficient (Wildman–Crippen LogP) is 4.05. The zero-order valence-electron chi connectivity index (χ0n) is 14.7. The van der Waals surface area contributed by atoms with Gasteiger partial charge in [-0.15, -0.1) is 0 Å². The molecule has 1 aliphatic rings. The molecule has 0 aliphatic carbocycles. The van der Waals surface area contributed by atoms with Gasteiger partial charge in [0.05, 0.1) is 6.10 Å². The number of hydrogen-bond donors (Lipinski definition) is 1. The molecule has 21 heavy (non-hydrogen) atoms. The molecule has 0 saturated carbocycles. The van der Waals surface area contributed by atoms with E-state index in [9.17, 15) is 5.11 Å². The highest BCUT2D eigenvalue weighted by Gasteiger charge is 2.24. The van der Waals surface area contributed by atoms with Crippen LogP contribution in [0.15, 0.2) is 0 Å². The number of aliphatic hydroxyl groups is 1. The van der Waals surface area contributed by atoms with Crippen molar-refractivity contribution < 1.29 is 9.84 Å². The Morgan fingerprint density at radius 3 is 2.33 bits per heavy atom. The topological polar surface area (TPSA) is 32.7 Å². The van der Waals surface area contributed by atoms with Crippen molar-refractivity contribution in [2.45, 2.75) is 84.5 Å². The third kappa shape index (κ3) is 7.12. The van der Waals surface area contributed by atoms with Crippen LogP contribution >= 0.6 is 0 Å². The number of likely N-dealkylation sites (tertiary alicyclic amines) is 1. The lowest BCUT2D eigenvalue weighted by atomic mass is 9.84. The summed E-state index contributed by atoms with van der Waals surface area (Å²) in [5.74, 6) is 1.33. The summed E-state index contributed by atoms with van der Waals surface area (Å²) < 4.78 is 5.32. The van der Waals surface area contributed by atoms with Gasteiger partial charge < -0.3 is 9.84 Å². The normalized spacial score (nSPS) is 22.7. The van der Waals surface area contributed by atoms with E-state index in [1.165, 1.54) is 38.5 Å². The van der Waals surface area contributed by atoms with E-state index in [0.29, 0.717) is 17.9 Å². The summed E-state index contributed by atoms with van der Waals surface area (Å²) >= 11 is 0. The maximum atomic E-state index is 10.5. The monoisotopic (exact) mass is 299 g/mol. The second kappa shape index (κ2) is 10.6. The average Bonchev–Trinajstić information content (AvgIpc) is 2.52. The number of ether oxygens (including phenoxy) is 1. The van der Waals surface area contributed by atoms with E-state index in [4.69, 9.17) is 4.74 Å². The van der Waals surface area contributed by atoms with Crippen molar-refractivity contribution in [2.75, 3.05) is 20.2 Å². The fourth-order valence-corrected chi connectivity index (χ4v) is 3.52. The highest BCUT2D eigenvalue weighted by atomic mass is 16.5. The molecule has 0 aromatic carbocycles. The maximum absolute atomic E-state index is 10.5. The van der Waals surface area contributed by atoms with Gasteiger partial charge in [0.15, 0.2) is 0 Å². The highest BCUT2D eigenvalue weighted by Crippen LogP contribution is 2.27. The molecule has 1 fully saturated rings. The molecule has 3 heteroatoms. The summed E-state index contributed by atoms with van der Waals surface area (Å²) in [4.78, 5) is 2.28. The van der Waals surface area contributed by atoms with Crippen LogP contribution in [0.2, 0.25) is 0 Å². The molecule has 0 amide bonds. The fraction of sp³-hybridized carbons (Fsp3) is 1.00. The SMILES string of the molecule is CC[C@@H](CC(O)N1CCCCC1)[C@@H](C)CCCC(C)OC. The summed E-state index contributed by atoms with van der Waals surface area (Å²) in [7, 11) is 1.79. The van der Waals surface area contributed by atoms with E-state index in [-0.39, 0.29) is 6.23 Å². The van der Waals surface area contributed by atoms with Crippen LogP contribution in [-0.2, 0) is 4.74 Å². The molecule has 1 rings (SSSR count). The lowest BCUT2D eigenvalue weighted by Crippen LogP contribution is -2.40. The van der Waals surface area contributed by atoms with Crippen LogP contribution in [0, 0.1) is 11.8 Å². The molecule has 1 saturated heterocycles. The zero-order chi connectivity index (χ0) is 15.7. The Bertz CT molecular complexity index is 254. The molecule has 2 unspecified atom stereocenters. The highest BCUT2D eigenvalue weighted by molar-refractivity contribution is 4.73. The first kappa shape index (κ1) is 18.9. The van der Waals surface area contributed by atoms with Gasteiger partial charge in [0.1, 0.15) is 6.23 Å². The van der Waals surface area contributed by atoms with E-state index in [1.807, 2.05) is 0 Å². The van der Waals surface area contributed by atoms with Crippen LogP contribution in [-0.4, -0.2) is 42.5 Å².